The predicted octanol–water partition coefficient (Wildman–Crippen LogP) is 2.52. The van der Waals surface area contributed by atoms with Crippen molar-refractivity contribution < 1.29 is 9.90 Å². The summed E-state index contributed by atoms with van der Waals surface area (Å²) >= 11 is 1.36. The number of nitrogens with zero attached hydrogens (tertiary/aromatic N) is 4. The number of anilines is 1. The highest BCUT2D eigenvalue weighted by atomic mass is 32.2. The van der Waals surface area contributed by atoms with Gasteiger partial charge in [-0.2, -0.15) is 4.98 Å². The molecular weight excluding hydrogens is 364 g/mol. The van der Waals surface area contributed by atoms with Crippen molar-refractivity contribution in [2.45, 2.75) is 35.2 Å². The number of carboxylic acids is 1. The van der Waals surface area contributed by atoms with Crippen molar-refractivity contribution in [3.63, 3.8) is 0 Å². The van der Waals surface area contributed by atoms with Gasteiger partial charge in [0.25, 0.3) is 0 Å². The largest absolute Gasteiger partial charge is 0.478 e. The fourth-order valence-electron chi connectivity index (χ4n) is 3.01. The molecule has 3 heterocycles. The van der Waals surface area contributed by atoms with Crippen molar-refractivity contribution in [3.05, 3.63) is 36.0 Å². The topological polar surface area (TPSA) is 121 Å². The van der Waals surface area contributed by atoms with E-state index in [2.05, 4.69) is 31.8 Å². The second kappa shape index (κ2) is 6.82. The van der Waals surface area contributed by atoms with Crippen LogP contribution in [0.5, 0.6) is 0 Å². The monoisotopic (exact) mass is 384 g/mol. The Kier molecular flexibility index (Phi) is 4.48. The summed E-state index contributed by atoms with van der Waals surface area (Å²) in [5.41, 5.74) is 7.50. The molecule has 0 amide bonds. The van der Waals surface area contributed by atoms with Gasteiger partial charge in [-0.25, -0.2) is 14.8 Å². The fraction of sp³-hybridized carbons (Fsp3) is 0.333. The summed E-state index contributed by atoms with van der Waals surface area (Å²) in [5.74, 6) is -0.192. The maximum Gasteiger partial charge on any atom is 0.335 e. The van der Waals surface area contributed by atoms with Gasteiger partial charge in [-0.05, 0) is 38.0 Å². The molecule has 27 heavy (non-hydrogen) atoms. The van der Waals surface area contributed by atoms with E-state index in [1.165, 1.54) is 11.8 Å². The van der Waals surface area contributed by atoms with E-state index in [-0.39, 0.29) is 11.1 Å². The zero-order chi connectivity index (χ0) is 19.0. The average molecular weight is 384 g/mol. The Morgan fingerprint density at radius 2 is 2.11 bits per heavy atom. The Labute approximate surface area is 160 Å². The molecule has 0 spiro atoms. The van der Waals surface area contributed by atoms with Gasteiger partial charge in [0.05, 0.1) is 11.8 Å². The predicted molar refractivity (Wildman–Crippen MR) is 103 cm³/mol. The van der Waals surface area contributed by atoms with E-state index in [4.69, 9.17) is 10.8 Å². The molecule has 0 saturated carbocycles. The molecule has 0 aliphatic carbocycles. The van der Waals surface area contributed by atoms with Crippen LogP contribution in [-0.2, 0) is 0 Å². The molecule has 0 bridgehead atoms. The molecule has 1 aromatic carbocycles. The quantitative estimate of drug-likeness (QED) is 0.627. The molecule has 8 nitrogen and oxygen atoms in total. The van der Waals surface area contributed by atoms with Crippen molar-refractivity contribution in [2.24, 2.45) is 5.73 Å². The van der Waals surface area contributed by atoms with Crippen LogP contribution < -0.4 is 10.6 Å². The molecule has 1 fully saturated rings. The van der Waals surface area contributed by atoms with Crippen LogP contribution in [0.1, 0.15) is 30.1 Å². The number of carbonyl (C=O) groups is 1. The number of nitrogens with two attached hydrogens (primary N) is 1. The molecule has 0 atom stereocenters. The fourth-order valence-corrected chi connectivity index (χ4v) is 3.82. The number of H-pyrrole nitrogens is 1. The molecular formula is C18H20N6O2S. The van der Waals surface area contributed by atoms with E-state index in [0.717, 1.165) is 36.8 Å². The lowest BCUT2D eigenvalue weighted by Crippen LogP contribution is -2.48. The standard InChI is InChI=1S/C18H20N6O2S/c1-18(19)5-7-24(8-6-18)17-22-14-15(23-17)21-13(10-20-14)27-12-4-2-3-11(9-12)16(25)26/h2-4,9-10H,5-8,19H2,1H3,(H,25,26)(H,20,21,22,23). The van der Waals surface area contributed by atoms with Gasteiger partial charge in [-0.3, -0.25) is 0 Å². The van der Waals surface area contributed by atoms with Gasteiger partial charge in [0.15, 0.2) is 11.3 Å². The summed E-state index contributed by atoms with van der Waals surface area (Å²) in [6, 6.07) is 6.74. The van der Waals surface area contributed by atoms with E-state index < -0.39 is 5.97 Å². The van der Waals surface area contributed by atoms with E-state index in [1.807, 2.05) is 6.07 Å². The highest BCUT2D eigenvalue weighted by molar-refractivity contribution is 7.99. The Balaban J connectivity index is 1.54. The number of aromatic carboxylic acids is 1. The summed E-state index contributed by atoms with van der Waals surface area (Å²) in [6.45, 7) is 3.77. The van der Waals surface area contributed by atoms with Crippen LogP contribution in [0, 0.1) is 0 Å². The number of imidazole rings is 1. The zero-order valence-corrected chi connectivity index (χ0v) is 15.7. The first kappa shape index (κ1) is 17.7. The van der Waals surface area contributed by atoms with Gasteiger partial charge in [-0.1, -0.05) is 17.8 Å². The Morgan fingerprint density at radius 1 is 1.33 bits per heavy atom. The zero-order valence-electron chi connectivity index (χ0n) is 14.8. The SMILES string of the molecule is CC1(N)CCN(c2nc3ncc(Sc4cccc(C(=O)O)c4)nc3[nH]2)CC1. The van der Waals surface area contributed by atoms with Crippen molar-refractivity contribution in [3.8, 4) is 0 Å². The second-order valence-corrected chi connectivity index (χ2v) is 8.11. The summed E-state index contributed by atoms with van der Waals surface area (Å²) in [5, 5.41) is 9.79. The third kappa shape index (κ3) is 3.88. The highest BCUT2D eigenvalue weighted by Crippen LogP contribution is 2.28. The first-order valence-corrected chi connectivity index (χ1v) is 9.49. The van der Waals surface area contributed by atoms with E-state index in [9.17, 15) is 4.79 Å². The Hall–Kier alpha value is -2.65. The van der Waals surface area contributed by atoms with Crippen LogP contribution in [-0.4, -0.2) is 49.6 Å². The minimum atomic E-state index is -0.952. The number of piperidine rings is 1. The number of hydrogen-bond donors (Lipinski definition) is 3. The van der Waals surface area contributed by atoms with Crippen molar-refractivity contribution >= 4 is 35.0 Å². The van der Waals surface area contributed by atoms with E-state index in [0.29, 0.717) is 16.3 Å². The molecule has 0 unspecified atom stereocenters. The molecule has 1 saturated heterocycles. The maximum absolute atomic E-state index is 11.1. The lowest BCUT2D eigenvalue weighted by atomic mass is 9.91. The van der Waals surface area contributed by atoms with Gasteiger partial charge in [0.2, 0.25) is 5.95 Å². The second-order valence-electron chi connectivity index (χ2n) is 7.02. The van der Waals surface area contributed by atoms with Crippen LogP contribution >= 0.6 is 11.8 Å². The van der Waals surface area contributed by atoms with Crippen molar-refractivity contribution in [1.82, 2.24) is 19.9 Å². The summed E-state index contributed by atoms with van der Waals surface area (Å²) in [4.78, 5) is 30.8. The van der Waals surface area contributed by atoms with Crippen molar-refractivity contribution in [2.75, 3.05) is 18.0 Å². The number of carboxylic acid groups (broad SMARTS) is 1. The van der Waals surface area contributed by atoms with Gasteiger partial charge >= 0.3 is 5.97 Å². The third-order valence-corrected chi connectivity index (χ3v) is 5.58. The molecule has 4 rings (SSSR count). The van der Waals surface area contributed by atoms with Gasteiger partial charge < -0.3 is 20.7 Å². The normalized spacial score (nSPS) is 16.6. The van der Waals surface area contributed by atoms with Crippen LogP contribution in [0.2, 0.25) is 0 Å². The summed E-state index contributed by atoms with van der Waals surface area (Å²) in [6.07, 6.45) is 3.47. The number of rotatable bonds is 4. The smallest absolute Gasteiger partial charge is 0.335 e. The minimum absolute atomic E-state index is 0.118. The van der Waals surface area contributed by atoms with Crippen molar-refractivity contribution in [1.29, 1.82) is 0 Å². The number of benzene rings is 1. The lowest BCUT2D eigenvalue weighted by Gasteiger charge is -2.36. The van der Waals surface area contributed by atoms with Crippen LogP contribution in [0.3, 0.4) is 0 Å². The number of fused-ring (bicyclic) bond motifs is 1. The van der Waals surface area contributed by atoms with Gasteiger partial charge in [-0.15, -0.1) is 0 Å². The number of aromatic nitrogens is 4. The molecule has 0 radical (unpaired) electrons. The van der Waals surface area contributed by atoms with E-state index >= 15 is 0 Å². The van der Waals surface area contributed by atoms with Gasteiger partial charge in [0, 0.05) is 23.5 Å². The molecule has 1 aliphatic heterocycles. The maximum atomic E-state index is 11.1. The molecule has 4 N–H and O–H groups in total. The molecule has 140 valence electrons. The third-order valence-electron chi connectivity index (χ3n) is 4.68. The number of nitrogens with one attached hydrogen (secondary N) is 1. The Bertz CT molecular complexity index is 992. The first-order valence-electron chi connectivity index (χ1n) is 8.67. The molecule has 3 aromatic rings. The van der Waals surface area contributed by atoms with Crippen LogP contribution in [0.25, 0.3) is 11.3 Å². The Morgan fingerprint density at radius 3 is 2.85 bits per heavy atom. The van der Waals surface area contributed by atoms with E-state index in [1.54, 1.807) is 24.4 Å². The average Bonchev–Trinajstić information content (AvgIpc) is 3.05. The molecule has 1 aliphatic rings. The van der Waals surface area contributed by atoms with Gasteiger partial charge in [0.1, 0.15) is 5.03 Å². The van der Waals surface area contributed by atoms with Crippen LogP contribution in [0.4, 0.5) is 5.95 Å². The lowest BCUT2D eigenvalue weighted by molar-refractivity contribution is 0.0696. The number of aromatic amines is 1. The highest BCUT2D eigenvalue weighted by Gasteiger charge is 2.27. The molecule has 9 heteroatoms. The summed E-state index contributed by atoms with van der Waals surface area (Å²) in [7, 11) is 0. The summed E-state index contributed by atoms with van der Waals surface area (Å²) < 4.78 is 0. The van der Waals surface area contributed by atoms with Crippen LogP contribution in [0.15, 0.2) is 40.4 Å². The minimum Gasteiger partial charge on any atom is -0.478 e. The number of hydrogen-bond acceptors (Lipinski definition) is 7. The molecule has 2 aromatic heterocycles. The first-order chi connectivity index (χ1) is 12.9.